The normalized spacial score (nSPS) is 26.6. The second-order valence-electron chi connectivity index (χ2n) is 15.1. The number of rotatable bonds is 7. The Labute approximate surface area is 326 Å². The van der Waals surface area contributed by atoms with Gasteiger partial charge in [-0.15, -0.1) is 0 Å². The van der Waals surface area contributed by atoms with Crippen molar-refractivity contribution in [1.29, 1.82) is 0 Å². The molecular weight excluding hydrogens is 722 g/mol. The number of fused-ring (bicyclic) bond motifs is 3. The van der Waals surface area contributed by atoms with Crippen molar-refractivity contribution in [1.82, 2.24) is 30.7 Å². The zero-order chi connectivity index (χ0) is 39.9. The number of urea groups is 1. The maximum absolute atomic E-state index is 14.5. The van der Waals surface area contributed by atoms with E-state index in [1.807, 2.05) is 13.0 Å². The van der Waals surface area contributed by atoms with Crippen LogP contribution in [0.15, 0.2) is 54.6 Å². The fraction of sp³-hybridized carbons (Fsp3) is 0.525. The molecule has 7 unspecified atom stereocenters. The molecule has 16 nitrogen and oxygen atoms in total. The highest BCUT2D eigenvalue weighted by atomic mass is 16.5. The summed E-state index contributed by atoms with van der Waals surface area (Å²) in [6.45, 7) is 3.64. The Hall–Kier alpha value is -5.67. The lowest BCUT2D eigenvalue weighted by molar-refractivity contribution is -0.158. The summed E-state index contributed by atoms with van der Waals surface area (Å²) in [7, 11) is 1.50. The van der Waals surface area contributed by atoms with Gasteiger partial charge in [-0.1, -0.05) is 43.3 Å². The first-order valence-corrected chi connectivity index (χ1v) is 19.4. The number of methoxy groups -OCH3 is 1. The molecule has 0 radical (unpaired) electrons. The van der Waals surface area contributed by atoms with Crippen molar-refractivity contribution in [2.45, 2.75) is 95.0 Å². The predicted octanol–water partition coefficient (Wildman–Crippen LogP) is 1.58. The van der Waals surface area contributed by atoms with Crippen molar-refractivity contribution in [3.63, 3.8) is 0 Å². The molecule has 4 aliphatic heterocycles. The molecule has 4 fully saturated rings. The highest BCUT2D eigenvalue weighted by molar-refractivity contribution is 5.98. The second-order valence-corrected chi connectivity index (χ2v) is 15.1. The second kappa shape index (κ2) is 17.9. The molecule has 0 saturated carbocycles. The first-order valence-electron chi connectivity index (χ1n) is 19.4. The van der Waals surface area contributed by atoms with Gasteiger partial charge in [-0.3, -0.25) is 24.0 Å². The number of ether oxygens (including phenoxy) is 2. The Kier molecular flexibility index (Phi) is 12.8. The van der Waals surface area contributed by atoms with Gasteiger partial charge in [0.05, 0.1) is 7.11 Å². The Balaban J connectivity index is 1.29. The molecule has 6 rings (SSSR count). The lowest BCUT2D eigenvalue weighted by Gasteiger charge is -2.39. The number of benzene rings is 2. The minimum atomic E-state index is -1.45. The van der Waals surface area contributed by atoms with E-state index in [1.165, 1.54) is 21.8 Å². The lowest BCUT2D eigenvalue weighted by Crippen LogP contribution is -2.62. The lowest BCUT2D eigenvalue weighted by atomic mass is 9.99. The zero-order valence-corrected chi connectivity index (χ0v) is 32.0. The number of anilines is 1. The summed E-state index contributed by atoms with van der Waals surface area (Å²) in [4.78, 5) is 102. The van der Waals surface area contributed by atoms with Gasteiger partial charge in [0, 0.05) is 37.8 Å². The van der Waals surface area contributed by atoms with Gasteiger partial charge in [-0.25, -0.2) is 9.59 Å². The third kappa shape index (κ3) is 9.23. The Morgan fingerprint density at radius 1 is 0.857 bits per heavy atom. The molecule has 7 atom stereocenters. The summed E-state index contributed by atoms with van der Waals surface area (Å²) in [5.74, 6) is -2.99. The molecule has 4 saturated heterocycles. The van der Waals surface area contributed by atoms with Gasteiger partial charge < -0.3 is 45.4 Å². The van der Waals surface area contributed by atoms with Crippen LogP contribution in [0.2, 0.25) is 0 Å². The van der Waals surface area contributed by atoms with Crippen LogP contribution < -0.4 is 26.0 Å². The smallest absolute Gasteiger partial charge is 0.328 e. The van der Waals surface area contributed by atoms with Gasteiger partial charge in [0.1, 0.15) is 48.6 Å². The number of hydrogen-bond donors (Lipinski definition) is 4. The standard InChI is InChI=1S/C40H51N7O9/c1-24-19-33-39(53)56-23-30(43-34(48)29(20-26-11-5-4-6-12-26)44-40(54)42-27-13-9-14-28(21-27)55-3)37(51)46-18-10-16-32(46)38(52)45-17-8-7-15-31(45)35(49)41-25(2)36(50)47(33)22-24/h4-6,9,11-14,21,24-25,29-33H,7-8,10,15-20,22-23H2,1-3H3,(H,41,49)(H,43,48)(H2,42,44,54). The molecule has 0 aliphatic carbocycles. The van der Waals surface area contributed by atoms with Crippen LogP contribution in [0.25, 0.3) is 0 Å². The Morgan fingerprint density at radius 3 is 2.36 bits per heavy atom. The quantitative estimate of drug-likeness (QED) is 0.302. The molecule has 0 aromatic heterocycles. The third-order valence-electron chi connectivity index (χ3n) is 10.9. The SMILES string of the molecule is COc1cccc(NC(=O)NC(Cc2ccccc2)C(=O)NC2COC(=O)C3CC(C)CN3C(=O)C(C)NC(=O)C3CCCCN3C(=O)C3CCCN3C2=O)c1. The molecule has 7 amide bonds. The molecule has 0 bridgehead atoms. The van der Waals surface area contributed by atoms with Crippen LogP contribution in [0.5, 0.6) is 5.75 Å². The van der Waals surface area contributed by atoms with Crippen molar-refractivity contribution in [3.8, 4) is 5.75 Å². The van der Waals surface area contributed by atoms with E-state index in [1.54, 1.807) is 55.5 Å². The molecule has 4 heterocycles. The van der Waals surface area contributed by atoms with Crippen molar-refractivity contribution < 1.29 is 43.0 Å². The van der Waals surface area contributed by atoms with Crippen LogP contribution >= 0.6 is 0 Å². The number of nitrogens with zero attached hydrogens (tertiary/aromatic N) is 3. The molecular formula is C40H51N7O9. The van der Waals surface area contributed by atoms with E-state index in [9.17, 15) is 33.6 Å². The van der Waals surface area contributed by atoms with E-state index in [2.05, 4.69) is 21.3 Å². The number of piperidine rings is 1. The number of cyclic esters (lactones) is 1. The summed E-state index contributed by atoms with van der Waals surface area (Å²) < 4.78 is 11.0. The Morgan fingerprint density at radius 2 is 1.59 bits per heavy atom. The van der Waals surface area contributed by atoms with E-state index in [-0.39, 0.29) is 25.4 Å². The molecule has 56 heavy (non-hydrogen) atoms. The van der Waals surface area contributed by atoms with Gasteiger partial charge in [0.15, 0.2) is 0 Å². The average Bonchev–Trinajstić information content (AvgIpc) is 3.85. The molecule has 300 valence electrons. The minimum absolute atomic E-state index is 0.0524. The fourth-order valence-electron chi connectivity index (χ4n) is 8.07. The minimum Gasteiger partial charge on any atom is -0.497 e. The zero-order valence-electron chi connectivity index (χ0n) is 32.0. The molecule has 2 aromatic rings. The molecule has 4 aliphatic rings. The van der Waals surface area contributed by atoms with Crippen molar-refractivity contribution in [3.05, 3.63) is 60.2 Å². The molecule has 4 N–H and O–H groups in total. The molecule has 2 aromatic carbocycles. The number of carbonyl (C=O) groups excluding carboxylic acids is 7. The van der Waals surface area contributed by atoms with E-state index in [0.29, 0.717) is 56.5 Å². The number of esters is 1. The van der Waals surface area contributed by atoms with Crippen LogP contribution in [-0.2, 0) is 39.9 Å². The third-order valence-corrected chi connectivity index (χ3v) is 10.9. The van der Waals surface area contributed by atoms with Gasteiger partial charge in [0.2, 0.25) is 29.5 Å². The van der Waals surface area contributed by atoms with Crippen LogP contribution in [0.1, 0.15) is 57.9 Å². The van der Waals surface area contributed by atoms with Crippen molar-refractivity contribution in [2.24, 2.45) is 5.92 Å². The largest absolute Gasteiger partial charge is 0.497 e. The maximum atomic E-state index is 14.5. The molecule has 0 spiro atoms. The summed E-state index contributed by atoms with van der Waals surface area (Å²) in [6.07, 6.45) is 2.97. The first kappa shape index (κ1) is 40.0. The number of nitrogens with one attached hydrogen (secondary N) is 4. The van der Waals surface area contributed by atoms with Crippen LogP contribution in [0.3, 0.4) is 0 Å². The molecule has 16 heteroatoms. The summed E-state index contributed by atoms with van der Waals surface area (Å²) >= 11 is 0. The maximum Gasteiger partial charge on any atom is 0.328 e. The first-order chi connectivity index (χ1) is 26.9. The average molecular weight is 774 g/mol. The van der Waals surface area contributed by atoms with Crippen LogP contribution in [-0.4, -0.2) is 126 Å². The van der Waals surface area contributed by atoms with Gasteiger partial charge in [0.25, 0.3) is 0 Å². The van der Waals surface area contributed by atoms with E-state index in [0.717, 1.165) is 5.56 Å². The van der Waals surface area contributed by atoms with Gasteiger partial charge in [-0.2, -0.15) is 0 Å². The van der Waals surface area contributed by atoms with Crippen molar-refractivity contribution >= 4 is 47.2 Å². The topological polar surface area (TPSA) is 196 Å². The van der Waals surface area contributed by atoms with Gasteiger partial charge >= 0.3 is 12.0 Å². The highest BCUT2D eigenvalue weighted by Gasteiger charge is 2.46. The van der Waals surface area contributed by atoms with Crippen LogP contribution in [0.4, 0.5) is 10.5 Å². The van der Waals surface area contributed by atoms with Gasteiger partial charge in [-0.05, 0) is 69.1 Å². The summed E-state index contributed by atoms with van der Waals surface area (Å²) in [5.41, 5.74) is 1.14. The van der Waals surface area contributed by atoms with E-state index in [4.69, 9.17) is 9.47 Å². The summed E-state index contributed by atoms with van der Waals surface area (Å²) in [6, 6.07) is 8.67. The Bertz CT molecular complexity index is 1810. The van der Waals surface area contributed by atoms with Crippen molar-refractivity contribution in [2.75, 3.05) is 38.7 Å². The number of carbonyl (C=O) groups is 7. The number of amides is 7. The summed E-state index contributed by atoms with van der Waals surface area (Å²) in [5, 5.41) is 10.9. The van der Waals surface area contributed by atoms with E-state index < -0.39 is 84.4 Å². The monoisotopic (exact) mass is 773 g/mol. The predicted molar refractivity (Wildman–Crippen MR) is 203 cm³/mol. The highest BCUT2D eigenvalue weighted by Crippen LogP contribution is 2.28. The fourth-order valence-corrected chi connectivity index (χ4v) is 8.07. The number of hydrogen-bond acceptors (Lipinski definition) is 9. The van der Waals surface area contributed by atoms with Crippen LogP contribution in [0, 0.1) is 5.92 Å². The van der Waals surface area contributed by atoms with E-state index >= 15 is 0 Å².